The molecular weight excluding hydrogens is 236 g/mol. The summed E-state index contributed by atoms with van der Waals surface area (Å²) < 4.78 is 0. The Labute approximate surface area is 113 Å². The Kier molecular flexibility index (Phi) is 3.58. The van der Waals surface area contributed by atoms with Gasteiger partial charge in [-0.05, 0) is 36.5 Å². The van der Waals surface area contributed by atoms with Crippen LogP contribution in [0.2, 0.25) is 0 Å². The maximum atomic E-state index is 10.6. The number of H-pyrrole nitrogens is 1. The first-order chi connectivity index (χ1) is 9.27. The number of nitrogens with one attached hydrogen (secondary N) is 1. The maximum absolute atomic E-state index is 10.6. The van der Waals surface area contributed by atoms with Crippen molar-refractivity contribution in [1.29, 1.82) is 0 Å². The van der Waals surface area contributed by atoms with Crippen LogP contribution in [0.15, 0.2) is 30.5 Å². The first-order valence-electron chi connectivity index (χ1n) is 7.27. The summed E-state index contributed by atoms with van der Waals surface area (Å²) in [4.78, 5) is 3.20. The van der Waals surface area contributed by atoms with Crippen LogP contribution in [0, 0.1) is 5.92 Å². The molecule has 4 N–H and O–H groups in total. The topological polar surface area (TPSA) is 62.0 Å². The third-order valence-electron chi connectivity index (χ3n) is 4.49. The van der Waals surface area contributed by atoms with Crippen LogP contribution in [0.3, 0.4) is 0 Å². The van der Waals surface area contributed by atoms with Gasteiger partial charge in [-0.2, -0.15) is 0 Å². The van der Waals surface area contributed by atoms with Crippen molar-refractivity contribution in [3.05, 3.63) is 36.0 Å². The van der Waals surface area contributed by atoms with Gasteiger partial charge in [-0.15, -0.1) is 0 Å². The van der Waals surface area contributed by atoms with Crippen LogP contribution in [-0.4, -0.2) is 16.2 Å². The fraction of sp³-hybridized carbons (Fsp3) is 0.500. The van der Waals surface area contributed by atoms with E-state index in [1.54, 1.807) is 0 Å². The first kappa shape index (κ1) is 12.7. The molecular formula is C16H22N2O. The van der Waals surface area contributed by atoms with Crippen molar-refractivity contribution in [2.75, 3.05) is 0 Å². The van der Waals surface area contributed by atoms with Crippen molar-refractivity contribution < 1.29 is 5.11 Å². The number of nitrogens with two attached hydrogens (primary N) is 1. The molecule has 0 aliphatic heterocycles. The van der Waals surface area contributed by atoms with Gasteiger partial charge in [-0.25, -0.2) is 0 Å². The molecule has 3 nitrogen and oxygen atoms in total. The predicted octanol–water partition coefficient (Wildman–Crippen LogP) is 3.11. The fourth-order valence-electron chi connectivity index (χ4n) is 3.35. The minimum Gasteiger partial charge on any atom is -0.391 e. The first-order valence-corrected chi connectivity index (χ1v) is 7.27. The SMILES string of the molecule is N[C@H](c1cccc2[nH]ccc12)[C@@H](O)C1CCCCC1. The second-order valence-electron chi connectivity index (χ2n) is 5.70. The van der Waals surface area contributed by atoms with Gasteiger partial charge in [0.05, 0.1) is 12.1 Å². The molecule has 0 saturated heterocycles. The number of hydrogen-bond donors (Lipinski definition) is 3. The van der Waals surface area contributed by atoms with Gasteiger partial charge in [0.2, 0.25) is 0 Å². The molecule has 0 spiro atoms. The van der Waals surface area contributed by atoms with E-state index in [-0.39, 0.29) is 6.04 Å². The van der Waals surface area contributed by atoms with Crippen molar-refractivity contribution in [3.63, 3.8) is 0 Å². The minimum absolute atomic E-state index is 0.289. The summed E-state index contributed by atoms with van der Waals surface area (Å²) in [7, 11) is 0. The average Bonchev–Trinajstić information content (AvgIpc) is 2.95. The number of hydrogen-bond acceptors (Lipinski definition) is 2. The Morgan fingerprint density at radius 3 is 2.74 bits per heavy atom. The molecule has 1 aromatic carbocycles. The van der Waals surface area contributed by atoms with E-state index in [0.29, 0.717) is 5.92 Å². The number of aromatic amines is 1. The van der Waals surface area contributed by atoms with Gasteiger partial charge < -0.3 is 15.8 Å². The monoisotopic (exact) mass is 258 g/mol. The highest BCUT2D eigenvalue weighted by Crippen LogP contribution is 2.33. The van der Waals surface area contributed by atoms with E-state index < -0.39 is 6.10 Å². The second kappa shape index (κ2) is 5.35. The molecule has 19 heavy (non-hydrogen) atoms. The van der Waals surface area contributed by atoms with Crippen molar-refractivity contribution >= 4 is 10.9 Å². The third-order valence-corrected chi connectivity index (χ3v) is 4.49. The molecule has 2 aromatic rings. The summed E-state index contributed by atoms with van der Waals surface area (Å²) in [5, 5.41) is 11.7. The van der Waals surface area contributed by atoms with Gasteiger partial charge in [0.25, 0.3) is 0 Å². The molecule has 0 amide bonds. The van der Waals surface area contributed by atoms with Gasteiger partial charge >= 0.3 is 0 Å². The van der Waals surface area contributed by atoms with Crippen LogP contribution in [0.1, 0.15) is 43.7 Å². The lowest BCUT2D eigenvalue weighted by atomic mass is 9.81. The molecule has 2 atom stereocenters. The highest BCUT2D eigenvalue weighted by Gasteiger charge is 2.28. The molecule has 3 heteroatoms. The standard InChI is InChI=1S/C16H22N2O/c17-15(16(19)11-5-2-1-3-6-11)13-7-4-8-14-12(13)9-10-18-14/h4,7-11,15-16,18-19H,1-3,5-6,17H2/t15-,16+/m1/s1. The Bertz CT molecular complexity index is 542. The summed E-state index contributed by atoms with van der Waals surface area (Å²) in [6.45, 7) is 0. The summed E-state index contributed by atoms with van der Waals surface area (Å²) in [5.74, 6) is 0.359. The Hall–Kier alpha value is -1.32. The van der Waals surface area contributed by atoms with Crippen LogP contribution in [0.25, 0.3) is 10.9 Å². The van der Waals surface area contributed by atoms with Crippen molar-refractivity contribution in [1.82, 2.24) is 4.98 Å². The predicted molar refractivity (Wildman–Crippen MR) is 77.8 cm³/mol. The van der Waals surface area contributed by atoms with Gasteiger partial charge in [-0.3, -0.25) is 0 Å². The minimum atomic E-state index is -0.430. The number of aromatic nitrogens is 1. The molecule has 0 bridgehead atoms. The summed E-state index contributed by atoms with van der Waals surface area (Å²) >= 11 is 0. The zero-order valence-electron chi connectivity index (χ0n) is 11.2. The van der Waals surface area contributed by atoms with E-state index >= 15 is 0 Å². The van der Waals surface area contributed by atoms with E-state index in [0.717, 1.165) is 29.3 Å². The average molecular weight is 258 g/mol. The zero-order chi connectivity index (χ0) is 13.2. The van der Waals surface area contributed by atoms with E-state index in [4.69, 9.17) is 5.73 Å². The normalized spacial score (nSPS) is 20.5. The number of fused-ring (bicyclic) bond motifs is 1. The van der Waals surface area contributed by atoms with E-state index in [1.807, 2.05) is 30.5 Å². The number of aliphatic hydroxyl groups is 1. The van der Waals surface area contributed by atoms with Crippen molar-refractivity contribution in [3.8, 4) is 0 Å². The smallest absolute Gasteiger partial charge is 0.0761 e. The molecule has 102 valence electrons. The van der Waals surface area contributed by atoms with Gasteiger partial charge in [0.1, 0.15) is 0 Å². The summed E-state index contributed by atoms with van der Waals surface area (Å²) in [6, 6.07) is 7.83. The molecule has 1 fully saturated rings. The molecule has 1 heterocycles. The van der Waals surface area contributed by atoms with E-state index in [2.05, 4.69) is 4.98 Å². The fourth-order valence-corrected chi connectivity index (χ4v) is 3.35. The number of rotatable bonds is 3. The Balaban J connectivity index is 1.86. The molecule has 1 saturated carbocycles. The molecule has 3 rings (SSSR count). The molecule has 1 aliphatic carbocycles. The molecule has 0 unspecified atom stereocenters. The van der Waals surface area contributed by atoms with Gasteiger partial charge in [-0.1, -0.05) is 31.4 Å². The van der Waals surface area contributed by atoms with E-state index in [1.165, 1.54) is 19.3 Å². The second-order valence-corrected chi connectivity index (χ2v) is 5.70. The largest absolute Gasteiger partial charge is 0.391 e. The van der Waals surface area contributed by atoms with Crippen LogP contribution < -0.4 is 5.73 Å². The lowest BCUT2D eigenvalue weighted by Crippen LogP contribution is -2.34. The van der Waals surface area contributed by atoms with Crippen molar-refractivity contribution in [2.45, 2.75) is 44.2 Å². The quantitative estimate of drug-likeness (QED) is 0.792. The lowest BCUT2D eigenvalue weighted by Gasteiger charge is -2.30. The van der Waals surface area contributed by atoms with Gasteiger partial charge in [0.15, 0.2) is 0 Å². The zero-order valence-corrected chi connectivity index (χ0v) is 11.2. The highest BCUT2D eigenvalue weighted by molar-refractivity contribution is 5.83. The maximum Gasteiger partial charge on any atom is 0.0761 e. The Morgan fingerprint density at radius 2 is 1.95 bits per heavy atom. The van der Waals surface area contributed by atoms with Crippen LogP contribution >= 0.6 is 0 Å². The molecule has 1 aliphatic rings. The van der Waals surface area contributed by atoms with Crippen LogP contribution in [0.4, 0.5) is 0 Å². The highest BCUT2D eigenvalue weighted by atomic mass is 16.3. The number of aliphatic hydroxyl groups excluding tert-OH is 1. The third kappa shape index (κ3) is 2.40. The van der Waals surface area contributed by atoms with Gasteiger partial charge in [0, 0.05) is 17.1 Å². The lowest BCUT2D eigenvalue weighted by molar-refractivity contribution is 0.0622. The summed E-state index contributed by atoms with van der Waals surface area (Å²) in [5.41, 5.74) is 8.47. The molecule has 0 radical (unpaired) electrons. The summed E-state index contributed by atoms with van der Waals surface area (Å²) in [6.07, 6.45) is 7.46. The van der Waals surface area contributed by atoms with Crippen LogP contribution in [-0.2, 0) is 0 Å². The Morgan fingerprint density at radius 1 is 1.16 bits per heavy atom. The van der Waals surface area contributed by atoms with Crippen LogP contribution in [0.5, 0.6) is 0 Å². The van der Waals surface area contributed by atoms with E-state index in [9.17, 15) is 5.11 Å². The number of benzene rings is 1. The molecule has 1 aromatic heterocycles. The van der Waals surface area contributed by atoms with Crippen molar-refractivity contribution in [2.24, 2.45) is 11.7 Å².